The van der Waals surface area contributed by atoms with Crippen LogP contribution in [0.15, 0.2) is 4.99 Å². The van der Waals surface area contributed by atoms with E-state index in [2.05, 4.69) is 4.99 Å². The number of morpholine rings is 1. The van der Waals surface area contributed by atoms with Crippen molar-refractivity contribution in [2.45, 2.75) is 18.9 Å². The van der Waals surface area contributed by atoms with Gasteiger partial charge in [-0.3, -0.25) is 0 Å². The molecule has 0 radical (unpaired) electrons. The van der Waals surface area contributed by atoms with Crippen LogP contribution >= 0.6 is 0 Å². The third-order valence-electron chi connectivity index (χ3n) is 2.76. The Hall–Kier alpha value is -0.910. The zero-order valence-corrected chi connectivity index (χ0v) is 8.40. The van der Waals surface area contributed by atoms with E-state index in [9.17, 15) is 8.78 Å². The summed E-state index contributed by atoms with van der Waals surface area (Å²) in [5, 5.41) is 0. The van der Waals surface area contributed by atoms with Crippen molar-refractivity contribution in [1.82, 2.24) is 4.90 Å². The fourth-order valence-corrected chi connectivity index (χ4v) is 1.66. The first-order valence-electron chi connectivity index (χ1n) is 5.12. The van der Waals surface area contributed by atoms with Crippen LogP contribution in [-0.4, -0.2) is 49.6 Å². The van der Waals surface area contributed by atoms with Crippen molar-refractivity contribution in [3.05, 3.63) is 0 Å². The lowest BCUT2D eigenvalue weighted by molar-refractivity contribution is 0.0673. The van der Waals surface area contributed by atoms with Gasteiger partial charge in [-0.2, -0.15) is 0 Å². The van der Waals surface area contributed by atoms with E-state index >= 15 is 0 Å². The van der Waals surface area contributed by atoms with Gasteiger partial charge in [-0.1, -0.05) is 0 Å². The van der Waals surface area contributed by atoms with Crippen molar-refractivity contribution in [2.24, 2.45) is 16.6 Å². The van der Waals surface area contributed by atoms with Crippen molar-refractivity contribution in [3.63, 3.8) is 0 Å². The summed E-state index contributed by atoms with van der Waals surface area (Å²) in [6, 6.07) is -0.271. The summed E-state index contributed by atoms with van der Waals surface area (Å²) in [6.45, 7) is 2.64. The number of aliphatic imine (C=N–C) groups is 1. The standard InChI is InChI=1S/C9H15F2N3O/c10-8(11)6-5-7(6)13-9(12)14-1-3-15-4-2-14/h6-8H,1-5H2,(H2,12,13)/t6-,7-/m0/s1. The maximum Gasteiger partial charge on any atom is 0.243 e. The van der Waals surface area contributed by atoms with E-state index in [-0.39, 0.29) is 6.04 Å². The predicted molar refractivity (Wildman–Crippen MR) is 51.9 cm³/mol. The summed E-state index contributed by atoms with van der Waals surface area (Å²) >= 11 is 0. The molecule has 0 unspecified atom stereocenters. The van der Waals surface area contributed by atoms with Crippen LogP contribution in [-0.2, 0) is 4.74 Å². The van der Waals surface area contributed by atoms with Gasteiger partial charge in [0, 0.05) is 19.0 Å². The zero-order valence-electron chi connectivity index (χ0n) is 8.40. The molecule has 6 heteroatoms. The van der Waals surface area contributed by atoms with Crippen LogP contribution in [0, 0.1) is 5.92 Å². The molecule has 0 aromatic heterocycles. The molecule has 0 aromatic rings. The second-order valence-electron chi connectivity index (χ2n) is 3.89. The Labute approximate surface area is 87.1 Å². The fourth-order valence-electron chi connectivity index (χ4n) is 1.66. The molecular weight excluding hydrogens is 204 g/mol. The van der Waals surface area contributed by atoms with Crippen molar-refractivity contribution in [2.75, 3.05) is 26.3 Å². The van der Waals surface area contributed by atoms with E-state index in [0.717, 1.165) is 0 Å². The number of nitrogens with zero attached hydrogens (tertiary/aromatic N) is 2. The Morgan fingerprint density at radius 2 is 2.07 bits per heavy atom. The number of alkyl halides is 2. The number of hydrogen-bond donors (Lipinski definition) is 1. The quantitative estimate of drug-likeness (QED) is 0.536. The Morgan fingerprint density at radius 1 is 1.40 bits per heavy atom. The van der Waals surface area contributed by atoms with Gasteiger partial charge in [-0.05, 0) is 6.42 Å². The van der Waals surface area contributed by atoms with Gasteiger partial charge in [0.05, 0.1) is 19.3 Å². The number of ether oxygens (including phenoxy) is 1. The topological polar surface area (TPSA) is 50.8 Å². The smallest absolute Gasteiger partial charge is 0.243 e. The third kappa shape index (κ3) is 2.56. The van der Waals surface area contributed by atoms with Crippen LogP contribution in [0.5, 0.6) is 0 Å². The van der Waals surface area contributed by atoms with E-state index in [1.807, 2.05) is 4.90 Å². The Morgan fingerprint density at radius 3 is 2.60 bits per heavy atom. The highest BCUT2D eigenvalue weighted by atomic mass is 19.3. The number of halogens is 2. The number of rotatable bonds is 2. The van der Waals surface area contributed by atoms with E-state index in [0.29, 0.717) is 38.7 Å². The minimum atomic E-state index is -2.27. The van der Waals surface area contributed by atoms with Crippen molar-refractivity contribution < 1.29 is 13.5 Å². The molecule has 2 rings (SSSR count). The Balaban J connectivity index is 1.85. The van der Waals surface area contributed by atoms with Gasteiger partial charge in [0.2, 0.25) is 6.43 Å². The van der Waals surface area contributed by atoms with Crippen LogP contribution in [0.2, 0.25) is 0 Å². The van der Waals surface area contributed by atoms with Crippen LogP contribution in [0.1, 0.15) is 6.42 Å². The normalized spacial score (nSPS) is 32.2. The molecular formula is C9H15F2N3O. The van der Waals surface area contributed by atoms with Gasteiger partial charge >= 0.3 is 0 Å². The van der Waals surface area contributed by atoms with E-state index < -0.39 is 12.3 Å². The molecule has 0 bridgehead atoms. The molecule has 2 fully saturated rings. The van der Waals surface area contributed by atoms with E-state index in [4.69, 9.17) is 10.5 Å². The molecule has 0 spiro atoms. The average Bonchev–Trinajstić information content (AvgIpc) is 2.98. The molecule has 2 N–H and O–H groups in total. The van der Waals surface area contributed by atoms with Crippen molar-refractivity contribution in [3.8, 4) is 0 Å². The predicted octanol–water partition coefficient (Wildman–Crippen LogP) is 0.287. The second-order valence-corrected chi connectivity index (χ2v) is 3.89. The monoisotopic (exact) mass is 219 g/mol. The highest BCUT2D eigenvalue weighted by Crippen LogP contribution is 2.38. The minimum absolute atomic E-state index is 0.271. The molecule has 4 nitrogen and oxygen atoms in total. The molecule has 1 heterocycles. The molecule has 86 valence electrons. The van der Waals surface area contributed by atoms with Gasteiger partial charge in [0.1, 0.15) is 0 Å². The third-order valence-corrected chi connectivity index (χ3v) is 2.76. The summed E-state index contributed by atoms with van der Waals surface area (Å²) < 4.78 is 29.6. The maximum atomic E-state index is 12.2. The molecule has 1 saturated heterocycles. The highest BCUT2D eigenvalue weighted by Gasteiger charge is 2.44. The van der Waals surface area contributed by atoms with Crippen LogP contribution in [0.25, 0.3) is 0 Å². The first-order chi connectivity index (χ1) is 7.18. The summed E-state index contributed by atoms with van der Waals surface area (Å²) in [5.41, 5.74) is 5.73. The Bertz CT molecular complexity index is 254. The van der Waals surface area contributed by atoms with Gasteiger partial charge in [-0.25, -0.2) is 13.8 Å². The highest BCUT2D eigenvalue weighted by molar-refractivity contribution is 5.78. The molecule has 1 aliphatic carbocycles. The minimum Gasteiger partial charge on any atom is -0.378 e. The van der Waals surface area contributed by atoms with Crippen molar-refractivity contribution >= 4 is 5.96 Å². The molecule has 0 aromatic carbocycles. The van der Waals surface area contributed by atoms with Crippen molar-refractivity contribution in [1.29, 1.82) is 0 Å². The molecule has 2 aliphatic rings. The Kier molecular flexibility index (Phi) is 3.04. The van der Waals surface area contributed by atoms with Gasteiger partial charge < -0.3 is 15.4 Å². The van der Waals surface area contributed by atoms with Gasteiger partial charge in [-0.15, -0.1) is 0 Å². The number of guanidine groups is 1. The lowest BCUT2D eigenvalue weighted by Crippen LogP contribution is -2.45. The second kappa shape index (κ2) is 4.30. The number of nitrogens with two attached hydrogens (primary N) is 1. The molecule has 15 heavy (non-hydrogen) atoms. The lowest BCUT2D eigenvalue weighted by atomic mass is 10.4. The lowest BCUT2D eigenvalue weighted by Gasteiger charge is -2.27. The number of hydrogen-bond acceptors (Lipinski definition) is 2. The van der Waals surface area contributed by atoms with Crippen LogP contribution in [0.3, 0.4) is 0 Å². The average molecular weight is 219 g/mol. The molecule has 0 amide bonds. The zero-order chi connectivity index (χ0) is 10.8. The van der Waals surface area contributed by atoms with Crippen LogP contribution < -0.4 is 5.73 Å². The SMILES string of the molecule is NC(=N[C@H]1C[C@@H]1C(F)F)N1CCOCC1. The maximum absolute atomic E-state index is 12.2. The van der Waals surface area contributed by atoms with Gasteiger partial charge in [0.15, 0.2) is 5.96 Å². The first-order valence-corrected chi connectivity index (χ1v) is 5.12. The summed E-state index contributed by atoms with van der Waals surface area (Å²) in [6.07, 6.45) is -1.81. The first kappa shape index (κ1) is 10.6. The van der Waals surface area contributed by atoms with Crippen LogP contribution in [0.4, 0.5) is 8.78 Å². The van der Waals surface area contributed by atoms with E-state index in [1.165, 1.54) is 0 Å². The fraction of sp³-hybridized carbons (Fsp3) is 0.889. The summed E-state index contributed by atoms with van der Waals surface area (Å²) in [5.74, 6) is -0.198. The van der Waals surface area contributed by atoms with E-state index in [1.54, 1.807) is 0 Å². The summed E-state index contributed by atoms with van der Waals surface area (Å²) in [4.78, 5) is 5.98. The summed E-state index contributed by atoms with van der Waals surface area (Å²) in [7, 11) is 0. The largest absolute Gasteiger partial charge is 0.378 e. The van der Waals surface area contributed by atoms with Gasteiger partial charge in [0.25, 0.3) is 0 Å². The molecule has 2 atom stereocenters. The molecule has 1 aliphatic heterocycles. The molecule has 1 saturated carbocycles.